The molecule has 0 aromatic heterocycles. The molecule has 15 heteroatoms. The van der Waals surface area contributed by atoms with Crippen molar-refractivity contribution in [1.29, 1.82) is 0 Å². The molecule has 3 fully saturated rings. The largest absolute Gasteiger partial charge is 0.459 e. The number of esters is 1. The molecule has 3 aliphatic heterocycles. The maximum Gasteiger partial charge on any atom is 0.329 e. The van der Waals surface area contributed by atoms with Gasteiger partial charge in [0.15, 0.2) is 5.78 Å². The molecule has 0 aromatic carbocycles. The number of rotatable bonds is 7. The number of carbonyl (C=O) groups excluding carboxylic acids is 4. The summed E-state index contributed by atoms with van der Waals surface area (Å²) in [5.74, 6) is -7.20. The lowest BCUT2D eigenvalue weighted by molar-refractivity contribution is -0.265. The number of carbonyl (C=O) groups is 4. The number of allylic oxidation sites excluding steroid dienone is 5. The predicted octanol–water partition coefficient (Wildman–Crippen LogP) is 5.32. The van der Waals surface area contributed by atoms with Crippen molar-refractivity contribution < 1.29 is 62.9 Å². The summed E-state index contributed by atoms with van der Waals surface area (Å²) in [7, 11) is 6.28. The number of aliphatic hydroxyl groups is 3. The molecule has 15 nitrogen and oxygen atoms in total. The number of nitrogens with two attached hydrogens (primary N) is 1. The highest BCUT2D eigenvalue weighted by atomic mass is 16.6. The molecular weight excluding hydrogens is 849 g/mol. The molecule has 2 bridgehead atoms. The second-order valence-electron chi connectivity index (χ2n) is 19.7. The maximum atomic E-state index is 14.4. The number of aliphatic hydroxyl groups excluding tert-OH is 2. The summed E-state index contributed by atoms with van der Waals surface area (Å²) in [6, 6.07) is -1.89. The summed E-state index contributed by atoms with van der Waals surface area (Å²) >= 11 is 0. The van der Waals surface area contributed by atoms with Gasteiger partial charge in [-0.15, -0.1) is 0 Å². The van der Waals surface area contributed by atoms with Crippen molar-refractivity contribution in [1.82, 2.24) is 4.90 Å². The van der Waals surface area contributed by atoms with Crippen LogP contribution < -0.4 is 5.73 Å². The van der Waals surface area contributed by atoms with Crippen molar-refractivity contribution in [2.45, 2.75) is 185 Å². The zero-order valence-electron chi connectivity index (χ0n) is 41.3. The predicted molar refractivity (Wildman–Crippen MR) is 250 cm³/mol. The van der Waals surface area contributed by atoms with Crippen LogP contribution in [-0.2, 0) is 47.6 Å². The number of hydrogen-bond donors (Lipinski definition) is 4. The number of methoxy groups -OCH3 is 4. The van der Waals surface area contributed by atoms with Crippen LogP contribution in [0, 0.1) is 29.6 Å². The molecule has 2 saturated heterocycles. The first-order valence-electron chi connectivity index (χ1n) is 24.2. The molecule has 3 heterocycles. The minimum atomic E-state index is -2.43. The summed E-state index contributed by atoms with van der Waals surface area (Å²) in [6.45, 7) is 11.0. The van der Waals surface area contributed by atoms with Gasteiger partial charge in [-0.2, -0.15) is 0 Å². The Morgan fingerprint density at radius 2 is 1.53 bits per heavy atom. The molecule has 0 radical (unpaired) electrons. The Bertz CT molecular complexity index is 1730. The van der Waals surface area contributed by atoms with Gasteiger partial charge in [0.25, 0.3) is 11.7 Å². The van der Waals surface area contributed by atoms with Gasteiger partial charge in [0.05, 0.1) is 30.5 Å². The lowest BCUT2D eigenvalue weighted by Crippen LogP contribution is -2.61. The molecule has 4 aliphatic rings. The highest BCUT2D eigenvalue weighted by Gasteiger charge is 2.53. The van der Waals surface area contributed by atoms with E-state index in [0.29, 0.717) is 56.9 Å². The van der Waals surface area contributed by atoms with E-state index >= 15 is 0 Å². The molecule has 0 spiro atoms. The lowest BCUT2D eigenvalue weighted by atomic mass is 9.80. The number of nitrogens with zero attached hydrogens (tertiary/aromatic N) is 1. The average molecular weight is 931 g/mol. The normalized spacial score (nSPS) is 39.8. The third-order valence-electron chi connectivity index (χ3n) is 14.7. The Labute approximate surface area is 393 Å². The second-order valence-corrected chi connectivity index (χ2v) is 19.7. The first kappa shape index (κ1) is 55.5. The summed E-state index contributed by atoms with van der Waals surface area (Å²) in [5.41, 5.74) is 8.25. The van der Waals surface area contributed by atoms with E-state index in [9.17, 15) is 34.5 Å². The van der Waals surface area contributed by atoms with Gasteiger partial charge >= 0.3 is 5.97 Å². The zero-order chi connectivity index (χ0) is 48.9. The van der Waals surface area contributed by atoms with Crippen LogP contribution >= 0.6 is 0 Å². The van der Waals surface area contributed by atoms with Gasteiger partial charge in [-0.3, -0.25) is 14.4 Å². The molecule has 0 unspecified atom stereocenters. The van der Waals surface area contributed by atoms with E-state index in [-0.39, 0.29) is 49.2 Å². The fraction of sp³-hybridized carbons (Fsp3) is 0.765. The number of Topliss-reactive ketones (excluding diaryl/α,β-unsaturated/α-hetero) is 2. The van der Waals surface area contributed by atoms with Gasteiger partial charge in [-0.05, 0) is 101 Å². The Hall–Kier alpha value is -3.12. The molecule has 1 aliphatic carbocycles. The average Bonchev–Trinajstić information content (AvgIpc) is 3.30. The minimum Gasteiger partial charge on any atom is -0.459 e. The van der Waals surface area contributed by atoms with Crippen LogP contribution in [0.4, 0.5) is 0 Å². The number of fused-ring (bicyclic) bond motifs is 3. The Morgan fingerprint density at radius 1 is 0.818 bits per heavy atom. The van der Waals surface area contributed by atoms with E-state index in [1.807, 2.05) is 51.2 Å². The van der Waals surface area contributed by atoms with Crippen molar-refractivity contribution in [3.63, 3.8) is 0 Å². The van der Waals surface area contributed by atoms with E-state index in [1.54, 1.807) is 48.2 Å². The smallest absolute Gasteiger partial charge is 0.329 e. The van der Waals surface area contributed by atoms with E-state index in [1.165, 1.54) is 12.0 Å². The first-order valence-corrected chi connectivity index (χ1v) is 24.2. The van der Waals surface area contributed by atoms with Gasteiger partial charge in [0, 0.05) is 71.6 Å². The van der Waals surface area contributed by atoms with Crippen LogP contribution in [0.3, 0.4) is 0 Å². The van der Waals surface area contributed by atoms with Gasteiger partial charge < -0.3 is 54.4 Å². The van der Waals surface area contributed by atoms with E-state index in [0.717, 1.165) is 18.4 Å². The number of hydrogen-bond acceptors (Lipinski definition) is 14. The van der Waals surface area contributed by atoms with Crippen molar-refractivity contribution in [3.8, 4) is 0 Å². The van der Waals surface area contributed by atoms with Gasteiger partial charge in [-0.25, -0.2) is 4.79 Å². The second kappa shape index (κ2) is 26.0. The molecule has 1 amide bonds. The highest BCUT2D eigenvalue weighted by Crippen LogP contribution is 2.37. The first-order chi connectivity index (χ1) is 31.3. The molecule has 0 aromatic rings. The Morgan fingerprint density at radius 3 is 2.20 bits per heavy atom. The van der Waals surface area contributed by atoms with E-state index < -0.39 is 89.9 Å². The zero-order valence-corrected chi connectivity index (χ0v) is 41.3. The van der Waals surface area contributed by atoms with Crippen molar-refractivity contribution in [3.05, 3.63) is 47.6 Å². The highest BCUT2D eigenvalue weighted by molar-refractivity contribution is 6.39. The molecule has 66 heavy (non-hydrogen) atoms. The summed E-state index contributed by atoms with van der Waals surface area (Å²) in [6.07, 6.45) is 11.2. The third kappa shape index (κ3) is 14.5. The van der Waals surface area contributed by atoms with Gasteiger partial charge in [-0.1, -0.05) is 64.2 Å². The van der Waals surface area contributed by atoms with Gasteiger partial charge in [0.1, 0.15) is 24.4 Å². The van der Waals surface area contributed by atoms with Crippen LogP contribution in [0.15, 0.2) is 47.6 Å². The van der Waals surface area contributed by atoms with E-state index in [4.69, 9.17) is 34.2 Å². The standard InChI is InChI=1S/C51H82N2O13/c1-30-16-12-11-13-17-31(2)42(62-8)28-37-21-19-35(6)51(60,66-37)48(57)49(58)53-23-15-14-18-39(53)50(59)65-43(38(52)26-36-20-22-41(61-7)44(27-36)63-9)29-40(54)32(3)25-34(5)46(56)47(64-10)45(55)33(4)24-30/h11-13,16-17,25,30,32-33,35-44,46-47,54,56,60H,14-15,18-24,26-29,52H2,1-10H3/b13-11?,16-12+,31-17?,34-25+/t30-,32-,33-,35-,36+,37+,38-,39+,40-,41-,42+,43+,44-,46-,47+,51-/m1/s1. The molecule has 5 N–H and O–H groups in total. The Kier molecular flexibility index (Phi) is 21.9. The Balaban J connectivity index is 1.70. The number of ether oxygens (including phenoxy) is 6. The topological polar surface area (TPSA) is 214 Å². The van der Waals surface area contributed by atoms with Crippen LogP contribution in [0.2, 0.25) is 0 Å². The van der Waals surface area contributed by atoms with Crippen LogP contribution in [0.1, 0.15) is 119 Å². The summed E-state index contributed by atoms with van der Waals surface area (Å²) in [4.78, 5) is 57.8. The van der Waals surface area contributed by atoms with Crippen LogP contribution in [0.5, 0.6) is 0 Å². The van der Waals surface area contributed by atoms with Crippen LogP contribution in [-0.4, -0.2) is 145 Å². The number of ketones is 2. The fourth-order valence-corrected chi connectivity index (χ4v) is 10.3. The third-order valence-corrected chi connectivity index (χ3v) is 14.7. The number of amides is 1. The maximum absolute atomic E-state index is 14.4. The molecule has 1 saturated carbocycles. The molecule has 16 atom stereocenters. The molecular formula is C51H82N2O13. The molecule has 4 rings (SSSR count). The minimum absolute atomic E-state index is 0.0260. The number of piperidine rings is 1. The van der Waals surface area contributed by atoms with Crippen LogP contribution in [0.25, 0.3) is 0 Å². The summed E-state index contributed by atoms with van der Waals surface area (Å²) in [5, 5.41) is 35.2. The SMILES string of the molecule is CO[C@H]1C[C@@H]2CC[C@@H](C)[C@@](O)(O2)C(=O)C(=O)N2CCCC[C@H]2C(=O)O[C@H]([C@H](N)C[C@@H]2CC[C@@H](OC)[C@H](OC)C2)C[C@@H](O)[C@H](C)/C=C(\C)[C@@H](O)[C@@H](OC)C(=O)[C@H](C)C[C@H](C)/C=C/C=CC=C1C. The fourth-order valence-electron chi connectivity index (χ4n) is 10.3. The van der Waals surface area contributed by atoms with Gasteiger partial charge in [0.2, 0.25) is 5.79 Å². The lowest BCUT2D eigenvalue weighted by Gasteiger charge is -2.42. The van der Waals surface area contributed by atoms with Crippen molar-refractivity contribution in [2.24, 2.45) is 35.3 Å². The summed E-state index contributed by atoms with van der Waals surface area (Å²) < 4.78 is 35.2. The quantitative estimate of drug-likeness (QED) is 0.145. The number of cyclic esters (lactones) is 1. The monoisotopic (exact) mass is 931 g/mol. The van der Waals surface area contributed by atoms with E-state index in [2.05, 4.69) is 0 Å². The van der Waals surface area contributed by atoms with Crippen molar-refractivity contribution in [2.75, 3.05) is 35.0 Å². The molecule has 374 valence electrons. The van der Waals surface area contributed by atoms with Crippen molar-refractivity contribution >= 4 is 23.4 Å².